The number of carbonyl (C=O) groups is 1. The Morgan fingerprint density at radius 3 is 2.96 bits per heavy atom. The van der Waals surface area contributed by atoms with E-state index in [0.29, 0.717) is 18.4 Å². The molecule has 0 saturated carbocycles. The highest BCUT2D eigenvalue weighted by atomic mass is 35.5. The molecule has 0 aliphatic heterocycles. The number of carbonyl (C=O) groups excluding carboxylic acids is 1. The molecule has 0 unspecified atom stereocenters. The smallest absolute Gasteiger partial charge is 0.276 e. The zero-order valence-corrected chi connectivity index (χ0v) is 12.9. The molecule has 5 heteroatoms. The molecule has 23 heavy (non-hydrogen) atoms. The predicted molar refractivity (Wildman–Crippen MR) is 86.8 cm³/mol. The lowest BCUT2D eigenvalue weighted by atomic mass is 9.99. The maximum absolute atomic E-state index is 13.2. The normalized spacial score (nSPS) is 12.5. The number of allylic oxidation sites excluding steroid dienone is 1. The number of aromatic nitrogens is 1. The zero-order chi connectivity index (χ0) is 16.4. The van der Waals surface area contributed by atoms with Crippen LogP contribution in [0.15, 0.2) is 36.0 Å². The van der Waals surface area contributed by atoms with Crippen LogP contribution in [0.25, 0.3) is 10.9 Å². The molecule has 1 aliphatic carbocycles. The summed E-state index contributed by atoms with van der Waals surface area (Å²) in [5.74, 6) is -0.620. The van der Waals surface area contributed by atoms with Gasteiger partial charge in [0, 0.05) is 11.8 Å². The van der Waals surface area contributed by atoms with Crippen molar-refractivity contribution in [2.75, 3.05) is 6.54 Å². The molecule has 1 heterocycles. The number of ketones is 1. The largest absolute Gasteiger partial charge is 0.308 e. The van der Waals surface area contributed by atoms with Gasteiger partial charge in [0.2, 0.25) is 5.78 Å². The second kappa shape index (κ2) is 6.31. The lowest BCUT2D eigenvalue weighted by Gasteiger charge is -2.06. The highest BCUT2D eigenvalue weighted by Crippen LogP contribution is 2.29. The molecule has 114 valence electrons. The van der Waals surface area contributed by atoms with Crippen LogP contribution in [0.2, 0.25) is 5.02 Å². The first kappa shape index (κ1) is 15.4. The molecule has 3 rings (SSSR count). The fourth-order valence-electron chi connectivity index (χ4n) is 2.73. The molecular weight excluding hydrogens is 315 g/mol. The van der Waals surface area contributed by atoms with Crippen molar-refractivity contribution in [3.63, 3.8) is 0 Å². The van der Waals surface area contributed by atoms with Crippen LogP contribution >= 0.6 is 11.6 Å². The quantitative estimate of drug-likeness (QED) is 0.624. The molecule has 1 aromatic carbocycles. The third-order valence-electron chi connectivity index (χ3n) is 3.77. The highest BCUT2D eigenvalue weighted by Gasteiger charge is 2.22. The van der Waals surface area contributed by atoms with Gasteiger partial charge in [0.25, 0.3) is 6.54 Å². The number of halogens is 2. The molecule has 0 atom stereocenters. The van der Waals surface area contributed by atoms with Crippen molar-refractivity contribution >= 4 is 23.5 Å². The summed E-state index contributed by atoms with van der Waals surface area (Å²) in [5.41, 5.74) is 4.19. The van der Waals surface area contributed by atoms with E-state index in [-0.39, 0.29) is 17.4 Å². The molecule has 0 N–H and O–H groups in total. The van der Waals surface area contributed by atoms with E-state index in [1.807, 2.05) is 6.08 Å². The molecule has 1 aliphatic rings. The maximum Gasteiger partial charge on any atom is 0.276 e. The van der Waals surface area contributed by atoms with Gasteiger partial charge in [-0.15, -0.1) is 0 Å². The Hall–Kier alpha value is -2.51. The van der Waals surface area contributed by atoms with Gasteiger partial charge in [-0.1, -0.05) is 23.2 Å². The van der Waals surface area contributed by atoms with Crippen LogP contribution in [0, 0.1) is 12.4 Å². The number of hydrogen-bond donors (Lipinski definition) is 0. The van der Waals surface area contributed by atoms with E-state index in [4.69, 9.17) is 18.2 Å². The molecule has 1 aromatic heterocycles. The minimum atomic E-state index is -0.437. The van der Waals surface area contributed by atoms with Crippen LogP contribution in [0.3, 0.4) is 0 Å². The number of rotatable bonds is 4. The van der Waals surface area contributed by atoms with Crippen LogP contribution < -0.4 is 0 Å². The Morgan fingerprint density at radius 1 is 1.39 bits per heavy atom. The Bertz CT molecular complexity index is 868. The first-order chi connectivity index (χ1) is 11.1. The lowest BCUT2D eigenvalue weighted by molar-refractivity contribution is 0.101. The average molecular weight is 327 g/mol. The lowest BCUT2D eigenvalue weighted by Crippen LogP contribution is -2.07. The monoisotopic (exact) mass is 326 g/mol. The maximum atomic E-state index is 13.2. The first-order valence-electron chi connectivity index (χ1n) is 7.06. The number of Topliss-reactive ketones (excluding diaryl/α,β-unsaturated/α-hetero) is 1. The van der Waals surface area contributed by atoms with E-state index < -0.39 is 5.82 Å². The molecule has 0 fully saturated rings. The Kier molecular flexibility index (Phi) is 4.22. The summed E-state index contributed by atoms with van der Waals surface area (Å²) in [7, 11) is 0. The average Bonchev–Trinajstić information content (AvgIpc) is 2.93. The Labute approximate surface area is 138 Å². The van der Waals surface area contributed by atoms with E-state index in [9.17, 15) is 9.18 Å². The van der Waals surface area contributed by atoms with Gasteiger partial charge in [0.1, 0.15) is 5.82 Å². The van der Waals surface area contributed by atoms with E-state index >= 15 is 0 Å². The Morgan fingerprint density at radius 2 is 2.22 bits per heavy atom. The Balaban J connectivity index is 1.83. The van der Waals surface area contributed by atoms with Crippen molar-refractivity contribution in [1.29, 1.82) is 0 Å². The topological polar surface area (TPSA) is 34.3 Å². The molecule has 3 nitrogen and oxygen atoms in total. The molecule has 2 aromatic rings. The number of nitrogens with zero attached hydrogens (tertiary/aromatic N) is 2. The van der Waals surface area contributed by atoms with Crippen LogP contribution in [-0.4, -0.2) is 17.3 Å². The van der Waals surface area contributed by atoms with Crippen LogP contribution in [-0.2, 0) is 12.8 Å². The summed E-state index contributed by atoms with van der Waals surface area (Å²) in [4.78, 5) is 19.5. The van der Waals surface area contributed by atoms with E-state index in [2.05, 4.69) is 9.83 Å². The van der Waals surface area contributed by atoms with Gasteiger partial charge in [-0.2, -0.15) is 0 Å². The van der Waals surface area contributed by atoms with Gasteiger partial charge in [-0.25, -0.2) is 11.0 Å². The first-order valence-corrected chi connectivity index (χ1v) is 7.44. The molecule has 0 spiro atoms. The van der Waals surface area contributed by atoms with Crippen molar-refractivity contribution in [3.8, 4) is 0 Å². The van der Waals surface area contributed by atoms with E-state index in [1.54, 1.807) is 24.4 Å². The number of pyridine rings is 1. The third-order valence-corrected chi connectivity index (χ3v) is 4.06. The molecule has 0 bridgehead atoms. The zero-order valence-electron chi connectivity index (χ0n) is 12.1. The van der Waals surface area contributed by atoms with Crippen molar-refractivity contribution < 1.29 is 9.18 Å². The second-order valence-electron chi connectivity index (χ2n) is 5.37. The summed E-state index contributed by atoms with van der Waals surface area (Å²) >= 11 is 5.81. The van der Waals surface area contributed by atoms with Gasteiger partial charge in [0.15, 0.2) is 0 Å². The summed E-state index contributed by atoms with van der Waals surface area (Å²) in [5, 5.41) is 0.102. The van der Waals surface area contributed by atoms with Gasteiger partial charge in [-0.3, -0.25) is 9.78 Å². The molecule has 0 amide bonds. The van der Waals surface area contributed by atoms with Crippen LogP contribution in [0.4, 0.5) is 4.39 Å². The summed E-state index contributed by atoms with van der Waals surface area (Å²) < 4.78 is 13.2. The van der Waals surface area contributed by atoms with Crippen molar-refractivity contribution in [1.82, 2.24) is 4.98 Å². The summed E-state index contributed by atoms with van der Waals surface area (Å²) in [6.45, 7) is 6.68. The highest BCUT2D eigenvalue weighted by molar-refractivity contribution is 6.30. The molecular formula is C18H12ClFN2O. The minimum absolute atomic E-state index is 0.102. The minimum Gasteiger partial charge on any atom is -0.308 e. The SMILES string of the molecule is [C-]#[N+]CC(=O)c1ccnc2c1CC(Cc1ccc(F)c(Cl)c1)=C2. The number of fused-ring (bicyclic) bond motifs is 1. The fraction of sp³-hybridized carbons (Fsp3) is 0.167. The van der Waals surface area contributed by atoms with Crippen molar-refractivity contribution in [2.24, 2.45) is 0 Å². The van der Waals surface area contributed by atoms with Gasteiger partial charge in [0.05, 0.1) is 10.7 Å². The van der Waals surface area contributed by atoms with Gasteiger partial charge < -0.3 is 4.85 Å². The fourth-order valence-corrected chi connectivity index (χ4v) is 2.94. The molecule has 0 saturated heterocycles. The third kappa shape index (κ3) is 3.15. The van der Waals surface area contributed by atoms with Gasteiger partial charge in [-0.05, 0) is 48.2 Å². The predicted octanol–water partition coefficient (Wildman–Crippen LogP) is 4.16. The summed E-state index contributed by atoms with van der Waals surface area (Å²) in [6.07, 6.45) is 4.76. The number of benzene rings is 1. The van der Waals surface area contributed by atoms with Gasteiger partial charge >= 0.3 is 0 Å². The van der Waals surface area contributed by atoms with E-state index in [1.165, 1.54) is 6.07 Å². The van der Waals surface area contributed by atoms with Crippen LogP contribution in [0.5, 0.6) is 0 Å². The standard InChI is InChI=1S/C18H12ClFN2O/c1-21-10-18(23)13-4-5-22-17-9-12(7-14(13)17)6-11-2-3-16(20)15(19)8-11/h2-5,8-9H,6-7,10H2. The number of hydrogen-bond acceptors (Lipinski definition) is 2. The second-order valence-corrected chi connectivity index (χ2v) is 5.77. The van der Waals surface area contributed by atoms with E-state index in [0.717, 1.165) is 22.4 Å². The summed E-state index contributed by atoms with van der Waals surface area (Å²) in [6, 6.07) is 6.32. The van der Waals surface area contributed by atoms with Crippen LogP contribution in [0.1, 0.15) is 27.2 Å². The van der Waals surface area contributed by atoms with Crippen molar-refractivity contribution in [2.45, 2.75) is 12.8 Å². The van der Waals surface area contributed by atoms with Crippen molar-refractivity contribution in [3.05, 3.63) is 80.7 Å². The molecule has 0 radical (unpaired) electrons.